The number of benzene rings is 2. The lowest BCUT2D eigenvalue weighted by atomic mass is 10.1. The van der Waals surface area contributed by atoms with Crippen molar-refractivity contribution in [1.29, 1.82) is 0 Å². The summed E-state index contributed by atoms with van der Waals surface area (Å²) in [5.41, 5.74) is -1.55. The molecule has 1 heterocycles. The average Bonchev–Trinajstić information content (AvgIpc) is 2.88. The third kappa shape index (κ3) is 3.07. The highest BCUT2D eigenvalue weighted by Crippen LogP contribution is 2.33. The zero-order valence-corrected chi connectivity index (χ0v) is 12.4. The summed E-state index contributed by atoms with van der Waals surface area (Å²) in [7, 11) is 0. The Morgan fingerprint density at radius 1 is 1.08 bits per heavy atom. The number of carbonyl (C=O) groups excluding carboxylic acids is 1. The standard InChI is InChI=1S/C15H7F5N2OS/c16-9-5-11-12(6-10(9)17)24-14(21-11)22-13(23)7-3-1-2-4-8(7)15(18,19)20/h1-6H,(H,21,22,23). The minimum atomic E-state index is -4.69. The van der Waals surface area contributed by atoms with E-state index in [1.165, 1.54) is 12.1 Å². The second-order valence-corrected chi connectivity index (χ2v) is 5.78. The number of aromatic nitrogens is 1. The van der Waals surface area contributed by atoms with Gasteiger partial charge in [0.1, 0.15) is 0 Å². The Hall–Kier alpha value is -2.55. The first-order valence-corrected chi connectivity index (χ1v) is 7.30. The molecule has 124 valence electrons. The van der Waals surface area contributed by atoms with E-state index in [4.69, 9.17) is 0 Å². The Morgan fingerprint density at radius 3 is 2.46 bits per heavy atom. The van der Waals surface area contributed by atoms with Crippen LogP contribution in [-0.2, 0) is 6.18 Å². The molecule has 0 saturated heterocycles. The number of nitrogens with one attached hydrogen (secondary N) is 1. The minimum Gasteiger partial charge on any atom is -0.298 e. The molecule has 1 N–H and O–H groups in total. The number of nitrogens with zero attached hydrogens (tertiary/aromatic N) is 1. The summed E-state index contributed by atoms with van der Waals surface area (Å²) >= 11 is 0.826. The van der Waals surface area contributed by atoms with Gasteiger partial charge in [-0.05, 0) is 18.2 Å². The van der Waals surface area contributed by atoms with E-state index in [9.17, 15) is 26.7 Å². The summed E-state index contributed by atoms with van der Waals surface area (Å²) < 4.78 is 65.3. The van der Waals surface area contributed by atoms with Crippen molar-refractivity contribution in [3.05, 3.63) is 59.2 Å². The fourth-order valence-electron chi connectivity index (χ4n) is 2.07. The van der Waals surface area contributed by atoms with Crippen LogP contribution in [-0.4, -0.2) is 10.9 Å². The van der Waals surface area contributed by atoms with Gasteiger partial charge < -0.3 is 0 Å². The number of carbonyl (C=O) groups is 1. The zero-order valence-electron chi connectivity index (χ0n) is 11.6. The molecule has 3 rings (SSSR count). The van der Waals surface area contributed by atoms with Crippen LogP contribution in [0.4, 0.5) is 27.1 Å². The number of hydrogen-bond donors (Lipinski definition) is 1. The van der Waals surface area contributed by atoms with Crippen molar-refractivity contribution >= 4 is 32.6 Å². The van der Waals surface area contributed by atoms with Crippen molar-refractivity contribution in [2.24, 2.45) is 0 Å². The molecule has 0 aliphatic rings. The molecular weight excluding hydrogens is 351 g/mol. The van der Waals surface area contributed by atoms with Gasteiger partial charge in [0.15, 0.2) is 16.8 Å². The Bertz CT molecular complexity index is 896. The number of anilines is 1. The van der Waals surface area contributed by atoms with E-state index >= 15 is 0 Å². The van der Waals surface area contributed by atoms with E-state index in [2.05, 4.69) is 10.3 Å². The second kappa shape index (κ2) is 5.82. The highest BCUT2D eigenvalue weighted by molar-refractivity contribution is 7.22. The first-order valence-electron chi connectivity index (χ1n) is 6.49. The van der Waals surface area contributed by atoms with E-state index in [0.717, 1.165) is 35.6 Å². The zero-order chi connectivity index (χ0) is 17.5. The molecule has 0 radical (unpaired) electrons. The summed E-state index contributed by atoms with van der Waals surface area (Å²) in [5.74, 6) is -3.19. The largest absolute Gasteiger partial charge is 0.417 e. The molecule has 1 aromatic heterocycles. The lowest BCUT2D eigenvalue weighted by Crippen LogP contribution is -2.18. The predicted molar refractivity (Wildman–Crippen MR) is 78.9 cm³/mol. The predicted octanol–water partition coefficient (Wildman–Crippen LogP) is 4.85. The topological polar surface area (TPSA) is 42.0 Å². The number of hydrogen-bond acceptors (Lipinski definition) is 3. The maximum absolute atomic E-state index is 13.2. The molecule has 0 aliphatic carbocycles. The Labute approximate surface area is 135 Å². The fourth-order valence-corrected chi connectivity index (χ4v) is 2.94. The Kier molecular flexibility index (Phi) is 3.96. The van der Waals surface area contributed by atoms with Crippen molar-refractivity contribution in [2.45, 2.75) is 6.18 Å². The highest BCUT2D eigenvalue weighted by Gasteiger charge is 2.35. The third-order valence-corrected chi connectivity index (χ3v) is 4.06. The van der Waals surface area contributed by atoms with Crippen LogP contribution >= 0.6 is 11.3 Å². The smallest absolute Gasteiger partial charge is 0.298 e. The van der Waals surface area contributed by atoms with Gasteiger partial charge in [0.25, 0.3) is 5.91 Å². The molecular formula is C15H7F5N2OS. The molecule has 24 heavy (non-hydrogen) atoms. The number of rotatable bonds is 2. The molecule has 3 aromatic rings. The molecule has 0 unspecified atom stereocenters. The van der Waals surface area contributed by atoms with Crippen molar-refractivity contribution in [3.63, 3.8) is 0 Å². The van der Waals surface area contributed by atoms with Gasteiger partial charge in [0, 0.05) is 6.07 Å². The monoisotopic (exact) mass is 358 g/mol. The lowest BCUT2D eigenvalue weighted by molar-refractivity contribution is -0.137. The molecule has 0 aliphatic heterocycles. The molecule has 0 fully saturated rings. The van der Waals surface area contributed by atoms with E-state index in [1.807, 2.05) is 0 Å². The first-order chi connectivity index (χ1) is 11.3. The molecule has 0 bridgehead atoms. The molecule has 0 spiro atoms. The van der Waals surface area contributed by atoms with Gasteiger partial charge in [-0.1, -0.05) is 23.5 Å². The van der Waals surface area contributed by atoms with Crippen molar-refractivity contribution in [1.82, 2.24) is 4.98 Å². The van der Waals surface area contributed by atoms with Gasteiger partial charge in [-0.3, -0.25) is 10.1 Å². The normalized spacial score (nSPS) is 11.7. The Balaban J connectivity index is 1.93. The van der Waals surface area contributed by atoms with Gasteiger partial charge in [0.05, 0.1) is 21.3 Å². The summed E-state index contributed by atoms with van der Waals surface area (Å²) in [5, 5.41) is 2.16. The SMILES string of the molecule is O=C(Nc1nc2cc(F)c(F)cc2s1)c1ccccc1C(F)(F)F. The summed E-state index contributed by atoms with van der Waals surface area (Å²) in [4.78, 5) is 16.0. The molecule has 2 aromatic carbocycles. The van der Waals surface area contributed by atoms with Crippen LogP contribution in [0.25, 0.3) is 10.2 Å². The number of halogens is 5. The molecule has 9 heteroatoms. The van der Waals surface area contributed by atoms with E-state index in [-0.39, 0.29) is 15.3 Å². The number of fused-ring (bicyclic) bond motifs is 1. The second-order valence-electron chi connectivity index (χ2n) is 4.75. The van der Waals surface area contributed by atoms with Crippen LogP contribution in [0.2, 0.25) is 0 Å². The van der Waals surface area contributed by atoms with Crippen molar-refractivity contribution < 1.29 is 26.7 Å². The quantitative estimate of drug-likeness (QED) is 0.666. The number of amides is 1. The maximum Gasteiger partial charge on any atom is 0.417 e. The van der Waals surface area contributed by atoms with Crippen molar-refractivity contribution in [3.8, 4) is 0 Å². The van der Waals surface area contributed by atoms with E-state index in [0.29, 0.717) is 0 Å². The lowest BCUT2D eigenvalue weighted by Gasteiger charge is -2.11. The van der Waals surface area contributed by atoms with Gasteiger partial charge >= 0.3 is 6.18 Å². The minimum absolute atomic E-state index is 0.0584. The Morgan fingerprint density at radius 2 is 1.75 bits per heavy atom. The highest BCUT2D eigenvalue weighted by atomic mass is 32.1. The van der Waals surface area contributed by atoms with Crippen LogP contribution in [0, 0.1) is 11.6 Å². The fraction of sp³-hybridized carbons (Fsp3) is 0.0667. The van der Waals surface area contributed by atoms with Crippen LogP contribution in [0.5, 0.6) is 0 Å². The summed E-state index contributed by atoms with van der Waals surface area (Å²) in [6.07, 6.45) is -4.69. The van der Waals surface area contributed by atoms with Gasteiger partial charge in [-0.15, -0.1) is 0 Å². The first kappa shape index (κ1) is 16.3. The van der Waals surface area contributed by atoms with Crippen LogP contribution in [0.1, 0.15) is 15.9 Å². The van der Waals surface area contributed by atoms with Crippen LogP contribution < -0.4 is 5.32 Å². The molecule has 0 saturated carbocycles. The van der Waals surface area contributed by atoms with E-state index < -0.39 is 34.8 Å². The number of alkyl halides is 3. The van der Waals surface area contributed by atoms with E-state index in [1.54, 1.807) is 0 Å². The van der Waals surface area contributed by atoms with Gasteiger partial charge in [-0.2, -0.15) is 13.2 Å². The van der Waals surface area contributed by atoms with Gasteiger partial charge in [0.2, 0.25) is 0 Å². The summed E-state index contributed by atoms with van der Waals surface area (Å²) in [6.45, 7) is 0. The van der Waals surface area contributed by atoms with Crippen LogP contribution in [0.15, 0.2) is 36.4 Å². The summed E-state index contributed by atoms with van der Waals surface area (Å²) in [6, 6.07) is 6.04. The molecule has 3 nitrogen and oxygen atoms in total. The number of thiazole rings is 1. The van der Waals surface area contributed by atoms with Crippen LogP contribution in [0.3, 0.4) is 0 Å². The average molecular weight is 358 g/mol. The van der Waals surface area contributed by atoms with Crippen molar-refractivity contribution in [2.75, 3.05) is 5.32 Å². The maximum atomic E-state index is 13.2. The van der Waals surface area contributed by atoms with Gasteiger partial charge in [-0.25, -0.2) is 13.8 Å². The molecule has 1 amide bonds. The third-order valence-electron chi connectivity index (χ3n) is 3.13. The molecule has 0 atom stereocenters.